The van der Waals surface area contributed by atoms with Crippen LogP contribution in [0.4, 0.5) is 0 Å². The summed E-state index contributed by atoms with van der Waals surface area (Å²) in [5, 5.41) is 0. The van der Waals surface area contributed by atoms with Gasteiger partial charge in [0.1, 0.15) is 0 Å². The maximum absolute atomic E-state index is 3.68. The fourth-order valence-corrected chi connectivity index (χ4v) is 0.750. The third-order valence-corrected chi connectivity index (χ3v) is 3.58. The molecule has 54 valence electrons. The quantitative estimate of drug-likeness (QED) is 0.490. The maximum Gasteiger partial charge on any atom is 2.00 e. The van der Waals surface area contributed by atoms with E-state index in [0.29, 0.717) is 4.32 Å². The first-order valence-corrected chi connectivity index (χ1v) is 4.16. The van der Waals surface area contributed by atoms with Crippen molar-refractivity contribution in [2.75, 3.05) is 0 Å². The summed E-state index contributed by atoms with van der Waals surface area (Å²) in [6.45, 7) is 6.67. The number of halogens is 1. The van der Waals surface area contributed by atoms with Crippen molar-refractivity contribution in [1.29, 1.82) is 0 Å². The Bertz CT molecular complexity index is 59.2. The van der Waals surface area contributed by atoms with Crippen molar-refractivity contribution in [2.24, 2.45) is 0 Å². The molecule has 0 aliphatic heterocycles. The van der Waals surface area contributed by atoms with Crippen molar-refractivity contribution in [3.8, 4) is 0 Å². The van der Waals surface area contributed by atoms with Gasteiger partial charge in [-0.1, -0.05) is 36.7 Å². The second kappa shape index (κ2) is 5.99. The van der Waals surface area contributed by atoms with E-state index in [0.717, 1.165) is 0 Å². The molecule has 0 amide bonds. The van der Waals surface area contributed by atoms with Gasteiger partial charge in [0.05, 0.1) is 0 Å². The van der Waals surface area contributed by atoms with Gasteiger partial charge in [0.2, 0.25) is 0 Å². The van der Waals surface area contributed by atoms with E-state index < -0.39 is 0 Å². The molecule has 0 aromatic heterocycles. The van der Waals surface area contributed by atoms with E-state index in [9.17, 15) is 0 Å². The van der Waals surface area contributed by atoms with Gasteiger partial charge in [0.25, 0.3) is 0 Å². The molecular formula is C7H17BrMg. The van der Waals surface area contributed by atoms with Crippen LogP contribution in [-0.4, -0.2) is 27.4 Å². The Morgan fingerprint density at radius 3 is 1.33 bits per heavy atom. The van der Waals surface area contributed by atoms with Crippen molar-refractivity contribution >= 4 is 39.0 Å². The Balaban J connectivity index is -0.0000000817. The van der Waals surface area contributed by atoms with Crippen LogP contribution in [0.15, 0.2) is 0 Å². The second-order valence-corrected chi connectivity index (χ2v) is 3.89. The van der Waals surface area contributed by atoms with Gasteiger partial charge in [-0.05, 0) is 19.3 Å². The fourth-order valence-electron chi connectivity index (χ4n) is 0.750. The summed E-state index contributed by atoms with van der Waals surface area (Å²) in [4.78, 5) is 0. The Labute approximate surface area is 86.0 Å². The first-order chi connectivity index (χ1) is 3.68. The van der Waals surface area contributed by atoms with Crippen molar-refractivity contribution in [3.05, 3.63) is 0 Å². The van der Waals surface area contributed by atoms with Crippen molar-refractivity contribution in [2.45, 2.75) is 44.4 Å². The van der Waals surface area contributed by atoms with Gasteiger partial charge < -0.3 is 2.85 Å². The first kappa shape index (κ1) is 12.9. The average Bonchev–Trinajstić information content (AvgIpc) is 1.87. The van der Waals surface area contributed by atoms with Crippen LogP contribution in [-0.2, 0) is 0 Å². The van der Waals surface area contributed by atoms with Gasteiger partial charge >= 0.3 is 23.1 Å². The number of hydrogen-bond donors (Lipinski definition) is 0. The minimum Gasteiger partial charge on any atom is -1.00 e. The predicted octanol–water partition coefficient (Wildman–Crippen LogP) is 3.19. The number of rotatable bonds is 3. The first-order valence-electron chi connectivity index (χ1n) is 3.37. The third-order valence-electron chi connectivity index (χ3n) is 1.90. The summed E-state index contributed by atoms with van der Waals surface area (Å²) in [6.07, 6.45) is 3.71. The van der Waals surface area contributed by atoms with E-state index in [1.54, 1.807) is 0 Å². The molecule has 0 aromatic carbocycles. The van der Waals surface area contributed by atoms with Gasteiger partial charge in [-0.3, -0.25) is 0 Å². The zero-order valence-electron chi connectivity index (χ0n) is 8.71. The SMILES string of the molecule is CCC(Br)(CC)CC.[H-].[H-].[Mg+2]. The van der Waals surface area contributed by atoms with Crippen LogP contribution in [0.1, 0.15) is 42.9 Å². The topological polar surface area (TPSA) is 0 Å². The molecule has 0 heterocycles. The van der Waals surface area contributed by atoms with Crippen LogP contribution in [0.2, 0.25) is 0 Å². The zero-order valence-corrected chi connectivity index (χ0v) is 9.71. The minimum atomic E-state index is 0. The average molecular weight is 205 g/mol. The molecule has 0 aliphatic carbocycles. The predicted molar refractivity (Wildman–Crippen MR) is 50.5 cm³/mol. The molecule has 0 aliphatic rings. The molecule has 0 saturated heterocycles. The fraction of sp³-hybridized carbons (Fsp3) is 1.00. The van der Waals surface area contributed by atoms with Crippen LogP contribution >= 0.6 is 15.9 Å². The van der Waals surface area contributed by atoms with Crippen LogP contribution in [0.5, 0.6) is 0 Å². The summed E-state index contributed by atoms with van der Waals surface area (Å²) in [5.74, 6) is 0. The van der Waals surface area contributed by atoms with Gasteiger partial charge in [0, 0.05) is 4.32 Å². The Morgan fingerprint density at radius 1 is 1.11 bits per heavy atom. The van der Waals surface area contributed by atoms with Gasteiger partial charge in [-0.25, -0.2) is 0 Å². The van der Waals surface area contributed by atoms with E-state index in [1.165, 1.54) is 19.3 Å². The summed E-state index contributed by atoms with van der Waals surface area (Å²) < 4.78 is 0.438. The molecule has 2 heteroatoms. The zero-order chi connectivity index (χ0) is 6.62. The molecule has 0 unspecified atom stereocenters. The van der Waals surface area contributed by atoms with Gasteiger partial charge in [-0.2, -0.15) is 0 Å². The number of hydrogen-bond acceptors (Lipinski definition) is 0. The molecule has 0 fully saturated rings. The monoisotopic (exact) mass is 204 g/mol. The van der Waals surface area contributed by atoms with Crippen LogP contribution in [0.25, 0.3) is 0 Å². The summed E-state index contributed by atoms with van der Waals surface area (Å²) in [7, 11) is 0. The molecule has 0 rings (SSSR count). The van der Waals surface area contributed by atoms with E-state index in [1.807, 2.05) is 0 Å². The molecule has 0 nitrogen and oxygen atoms in total. The Morgan fingerprint density at radius 2 is 1.33 bits per heavy atom. The maximum atomic E-state index is 3.68. The van der Waals surface area contributed by atoms with Gasteiger partial charge in [-0.15, -0.1) is 0 Å². The third kappa shape index (κ3) is 4.62. The van der Waals surface area contributed by atoms with E-state index >= 15 is 0 Å². The molecule has 0 atom stereocenters. The summed E-state index contributed by atoms with van der Waals surface area (Å²) in [6, 6.07) is 0. The van der Waals surface area contributed by atoms with E-state index in [4.69, 9.17) is 0 Å². The standard InChI is InChI=1S/C7H15Br.Mg.2H/c1-4-7(8,5-2)6-3;;;/h4-6H2,1-3H3;;;/q;+2;2*-1. The van der Waals surface area contributed by atoms with Gasteiger partial charge in [0.15, 0.2) is 0 Å². The minimum absolute atomic E-state index is 0. The molecule has 0 spiro atoms. The van der Waals surface area contributed by atoms with Crippen molar-refractivity contribution < 1.29 is 2.85 Å². The number of alkyl halides is 1. The van der Waals surface area contributed by atoms with Crippen LogP contribution in [0.3, 0.4) is 0 Å². The summed E-state index contributed by atoms with van der Waals surface area (Å²) in [5.41, 5.74) is 0. The molecule has 0 saturated carbocycles. The second-order valence-electron chi connectivity index (χ2n) is 2.21. The Hall–Kier alpha value is 1.25. The van der Waals surface area contributed by atoms with Crippen molar-refractivity contribution in [1.82, 2.24) is 0 Å². The smallest absolute Gasteiger partial charge is 1.00 e. The molecule has 0 bridgehead atoms. The molecular weight excluding hydrogens is 188 g/mol. The molecule has 0 radical (unpaired) electrons. The molecule has 0 aromatic rings. The Kier molecular flexibility index (Phi) is 8.57. The van der Waals surface area contributed by atoms with Crippen LogP contribution < -0.4 is 0 Å². The van der Waals surface area contributed by atoms with E-state index in [-0.39, 0.29) is 25.9 Å². The normalized spacial score (nSPS) is 10.7. The molecule has 9 heavy (non-hydrogen) atoms. The summed E-state index contributed by atoms with van der Waals surface area (Å²) >= 11 is 3.68. The van der Waals surface area contributed by atoms with Crippen LogP contribution in [0, 0.1) is 0 Å². The van der Waals surface area contributed by atoms with E-state index in [2.05, 4.69) is 36.7 Å². The largest absolute Gasteiger partial charge is 2.00 e. The van der Waals surface area contributed by atoms with Crippen molar-refractivity contribution in [3.63, 3.8) is 0 Å². The molecule has 0 N–H and O–H groups in total.